The van der Waals surface area contributed by atoms with Gasteiger partial charge in [-0.15, -0.1) is 0 Å². The number of rotatable bonds is 9. The first-order chi connectivity index (χ1) is 8.74. The first kappa shape index (κ1) is 15.5. The van der Waals surface area contributed by atoms with Crippen LogP contribution in [0.25, 0.3) is 0 Å². The minimum absolute atomic E-state index is 0.157. The minimum atomic E-state index is -0.195. The molecule has 18 heavy (non-hydrogen) atoms. The molecule has 0 aromatic rings. The molecule has 2 unspecified atom stereocenters. The van der Waals surface area contributed by atoms with Crippen molar-refractivity contribution in [2.24, 2.45) is 5.92 Å². The van der Waals surface area contributed by atoms with E-state index in [0.29, 0.717) is 18.9 Å². The van der Waals surface area contributed by atoms with Gasteiger partial charge < -0.3 is 10.4 Å². The summed E-state index contributed by atoms with van der Waals surface area (Å²) in [6.07, 6.45) is 10.8. The van der Waals surface area contributed by atoms with Gasteiger partial charge in [0, 0.05) is 18.9 Å². The number of aliphatic hydroxyl groups excluding tert-OH is 1. The van der Waals surface area contributed by atoms with E-state index in [1.807, 2.05) is 0 Å². The SMILES string of the molecule is CCCCCCCCC(=O)NCC1CCCC1O. The number of amides is 1. The van der Waals surface area contributed by atoms with Crippen molar-refractivity contribution in [3.63, 3.8) is 0 Å². The van der Waals surface area contributed by atoms with Crippen molar-refractivity contribution in [2.75, 3.05) is 6.54 Å². The number of aliphatic hydroxyl groups is 1. The zero-order valence-electron chi connectivity index (χ0n) is 11.8. The van der Waals surface area contributed by atoms with Gasteiger partial charge in [-0.1, -0.05) is 45.4 Å². The first-order valence-corrected chi connectivity index (χ1v) is 7.68. The second-order valence-corrected chi connectivity index (χ2v) is 5.58. The number of unbranched alkanes of at least 4 members (excludes halogenated alkanes) is 5. The molecule has 1 fully saturated rings. The van der Waals surface area contributed by atoms with Crippen LogP contribution in [0.2, 0.25) is 0 Å². The van der Waals surface area contributed by atoms with Crippen LogP contribution in [0.4, 0.5) is 0 Å². The van der Waals surface area contributed by atoms with Crippen LogP contribution in [0.15, 0.2) is 0 Å². The Labute approximate surface area is 111 Å². The molecule has 0 aliphatic heterocycles. The molecular formula is C15H29NO2. The fourth-order valence-electron chi connectivity index (χ4n) is 2.65. The lowest BCUT2D eigenvalue weighted by Gasteiger charge is -2.14. The largest absolute Gasteiger partial charge is 0.393 e. The van der Waals surface area contributed by atoms with Gasteiger partial charge in [0.25, 0.3) is 0 Å². The van der Waals surface area contributed by atoms with Gasteiger partial charge in [-0.25, -0.2) is 0 Å². The maximum atomic E-state index is 11.6. The summed E-state index contributed by atoms with van der Waals surface area (Å²) in [7, 11) is 0. The van der Waals surface area contributed by atoms with Gasteiger partial charge in [0.15, 0.2) is 0 Å². The third-order valence-corrected chi connectivity index (χ3v) is 3.94. The summed E-state index contributed by atoms with van der Waals surface area (Å²) in [5.41, 5.74) is 0. The molecule has 3 nitrogen and oxygen atoms in total. The van der Waals surface area contributed by atoms with Crippen molar-refractivity contribution in [1.29, 1.82) is 0 Å². The van der Waals surface area contributed by atoms with E-state index >= 15 is 0 Å². The number of nitrogens with one attached hydrogen (secondary N) is 1. The average Bonchev–Trinajstić information content (AvgIpc) is 2.77. The molecule has 0 bridgehead atoms. The highest BCUT2D eigenvalue weighted by Crippen LogP contribution is 2.24. The van der Waals surface area contributed by atoms with Gasteiger partial charge in [-0.2, -0.15) is 0 Å². The lowest BCUT2D eigenvalue weighted by molar-refractivity contribution is -0.121. The van der Waals surface area contributed by atoms with E-state index in [9.17, 15) is 9.90 Å². The predicted molar refractivity (Wildman–Crippen MR) is 74.4 cm³/mol. The van der Waals surface area contributed by atoms with Crippen molar-refractivity contribution in [1.82, 2.24) is 5.32 Å². The summed E-state index contributed by atoms with van der Waals surface area (Å²) in [6, 6.07) is 0. The molecule has 0 aromatic heterocycles. The Morgan fingerprint density at radius 1 is 1.17 bits per heavy atom. The van der Waals surface area contributed by atoms with Gasteiger partial charge in [0.1, 0.15) is 0 Å². The van der Waals surface area contributed by atoms with E-state index in [4.69, 9.17) is 0 Å². The number of carbonyl (C=O) groups is 1. The molecule has 0 radical (unpaired) electrons. The molecule has 1 aliphatic rings. The molecule has 0 heterocycles. The van der Waals surface area contributed by atoms with Crippen LogP contribution >= 0.6 is 0 Å². The molecular weight excluding hydrogens is 226 g/mol. The van der Waals surface area contributed by atoms with E-state index in [2.05, 4.69) is 12.2 Å². The van der Waals surface area contributed by atoms with Crippen LogP contribution in [-0.2, 0) is 4.79 Å². The van der Waals surface area contributed by atoms with Crippen LogP contribution in [-0.4, -0.2) is 23.7 Å². The zero-order valence-corrected chi connectivity index (χ0v) is 11.8. The zero-order chi connectivity index (χ0) is 13.2. The Kier molecular flexibility index (Phi) is 8.06. The highest BCUT2D eigenvalue weighted by atomic mass is 16.3. The fraction of sp³-hybridized carbons (Fsp3) is 0.933. The average molecular weight is 255 g/mol. The molecule has 3 heteroatoms. The quantitative estimate of drug-likeness (QED) is 0.622. The molecule has 0 saturated heterocycles. The molecule has 1 aliphatic carbocycles. The summed E-state index contributed by atoms with van der Waals surface area (Å²) in [4.78, 5) is 11.6. The summed E-state index contributed by atoms with van der Waals surface area (Å²) < 4.78 is 0. The molecule has 1 amide bonds. The number of hydrogen-bond donors (Lipinski definition) is 2. The van der Waals surface area contributed by atoms with E-state index in [0.717, 1.165) is 25.7 Å². The summed E-state index contributed by atoms with van der Waals surface area (Å²) in [6.45, 7) is 2.88. The predicted octanol–water partition coefficient (Wildman–Crippen LogP) is 3.01. The standard InChI is InChI=1S/C15H29NO2/c1-2-3-4-5-6-7-11-15(18)16-12-13-9-8-10-14(13)17/h13-14,17H,2-12H2,1H3,(H,16,18). The third kappa shape index (κ3) is 6.39. The van der Waals surface area contributed by atoms with E-state index in [1.165, 1.54) is 32.1 Å². The smallest absolute Gasteiger partial charge is 0.220 e. The fourth-order valence-corrected chi connectivity index (χ4v) is 2.65. The minimum Gasteiger partial charge on any atom is -0.393 e. The van der Waals surface area contributed by atoms with Gasteiger partial charge in [0.2, 0.25) is 5.91 Å². The Morgan fingerprint density at radius 3 is 2.56 bits per heavy atom. The Balaban J connectivity index is 1.94. The Bertz CT molecular complexity index is 231. The van der Waals surface area contributed by atoms with E-state index in [1.54, 1.807) is 0 Å². The van der Waals surface area contributed by atoms with E-state index in [-0.39, 0.29) is 12.0 Å². The maximum Gasteiger partial charge on any atom is 0.220 e. The summed E-state index contributed by atoms with van der Waals surface area (Å²) in [5, 5.41) is 12.6. The van der Waals surface area contributed by atoms with Crippen molar-refractivity contribution < 1.29 is 9.90 Å². The third-order valence-electron chi connectivity index (χ3n) is 3.94. The number of hydrogen-bond acceptors (Lipinski definition) is 2. The van der Waals surface area contributed by atoms with Gasteiger partial charge in [-0.3, -0.25) is 4.79 Å². The van der Waals surface area contributed by atoms with Gasteiger partial charge in [0.05, 0.1) is 6.10 Å². The maximum absolute atomic E-state index is 11.6. The Hall–Kier alpha value is -0.570. The lowest BCUT2D eigenvalue weighted by atomic mass is 10.1. The molecule has 2 atom stereocenters. The van der Waals surface area contributed by atoms with Crippen LogP contribution < -0.4 is 5.32 Å². The highest BCUT2D eigenvalue weighted by molar-refractivity contribution is 5.75. The molecule has 0 spiro atoms. The van der Waals surface area contributed by atoms with Crippen molar-refractivity contribution in [3.05, 3.63) is 0 Å². The van der Waals surface area contributed by atoms with Crippen LogP contribution in [0.1, 0.15) is 71.1 Å². The van der Waals surface area contributed by atoms with Crippen LogP contribution in [0.5, 0.6) is 0 Å². The second kappa shape index (κ2) is 9.37. The van der Waals surface area contributed by atoms with Crippen LogP contribution in [0.3, 0.4) is 0 Å². The van der Waals surface area contributed by atoms with Gasteiger partial charge >= 0.3 is 0 Å². The van der Waals surface area contributed by atoms with Crippen molar-refractivity contribution in [2.45, 2.75) is 77.2 Å². The lowest BCUT2D eigenvalue weighted by Crippen LogP contribution is -2.32. The van der Waals surface area contributed by atoms with Crippen molar-refractivity contribution >= 4 is 5.91 Å². The first-order valence-electron chi connectivity index (χ1n) is 7.68. The Morgan fingerprint density at radius 2 is 1.89 bits per heavy atom. The molecule has 106 valence electrons. The van der Waals surface area contributed by atoms with Gasteiger partial charge in [-0.05, 0) is 19.3 Å². The molecule has 1 rings (SSSR count). The topological polar surface area (TPSA) is 49.3 Å². The summed E-state index contributed by atoms with van der Waals surface area (Å²) >= 11 is 0. The highest BCUT2D eigenvalue weighted by Gasteiger charge is 2.25. The monoisotopic (exact) mass is 255 g/mol. The molecule has 2 N–H and O–H groups in total. The summed E-state index contributed by atoms with van der Waals surface area (Å²) in [5.74, 6) is 0.447. The molecule has 0 aromatic carbocycles. The van der Waals surface area contributed by atoms with Crippen LogP contribution in [0, 0.1) is 5.92 Å². The van der Waals surface area contributed by atoms with E-state index < -0.39 is 0 Å². The second-order valence-electron chi connectivity index (χ2n) is 5.58. The number of carbonyl (C=O) groups excluding carboxylic acids is 1. The normalized spacial score (nSPS) is 23.2. The molecule has 1 saturated carbocycles. The van der Waals surface area contributed by atoms with Crippen molar-refractivity contribution in [3.8, 4) is 0 Å².